The number of morpholine rings is 1. The van der Waals surface area contributed by atoms with E-state index in [2.05, 4.69) is 25.3 Å². The summed E-state index contributed by atoms with van der Waals surface area (Å²) in [6.07, 6.45) is -4.24. The molecule has 1 saturated heterocycles. The molecule has 0 spiro atoms. The summed E-state index contributed by atoms with van der Waals surface area (Å²) in [5.41, 5.74) is -0.868. The molecule has 0 bridgehead atoms. The molecule has 1 unspecified atom stereocenters. The van der Waals surface area contributed by atoms with Crippen molar-refractivity contribution in [3.8, 4) is 5.75 Å². The Morgan fingerprint density at radius 1 is 1.39 bits per heavy atom. The third kappa shape index (κ3) is 6.11. The van der Waals surface area contributed by atoms with Crippen molar-refractivity contribution in [3.05, 3.63) is 34.5 Å². The third-order valence-corrected chi connectivity index (χ3v) is 4.91. The summed E-state index contributed by atoms with van der Waals surface area (Å²) >= 11 is 6.29. The van der Waals surface area contributed by atoms with Crippen LogP contribution in [0.1, 0.15) is 24.2 Å². The minimum atomic E-state index is -4.68. The number of aromatic nitrogens is 2. The molecule has 33 heavy (non-hydrogen) atoms. The molecule has 3 rings (SSSR count). The van der Waals surface area contributed by atoms with E-state index in [9.17, 15) is 26.7 Å². The number of nitrogens with zero attached hydrogens (tertiary/aromatic N) is 3. The Morgan fingerprint density at radius 3 is 2.79 bits per heavy atom. The van der Waals surface area contributed by atoms with Gasteiger partial charge in [0.25, 0.3) is 0 Å². The van der Waals surface area contributed by atoms with Crippen molar-refractivity contribution in [2.75, 3.05) is 36.9 Å². The van der Waals surface area contributed by atoms with Crippen molar-refractivity contribution in [3.63, 3.8) is 0 Å². The molecule has 1 atom stereocenters. The number of carbonyl (C=O) groups excluding carboxylic acids is 1. The maximum absolute atomic E-state index is 13.2. The van der Waals surface area contributed by atoms with E-state index in [0.29, 0.717) is 19.2 Å². The van der Waals surface area contributed by atoms with E-state index in [-0.39, 0.29) is 47.7 Å². The number of halogens is 6. The first-order valence-electron chi connectivity index (χ1n) is 9.66. The lowest BCUT2D eigenvalue weighted by Crippen LogP contribution is -2.37. The first-order valence-corrected chi connectivity index (χ1v) is 10.0. The zero-order valence-electron chi connectivity index (χ0n) is 17.1. The molecule has 1 aliphatic rings. The van der Waals surface area contributed by atoms with E-state index in [0.717, 1.165) is 6.07 Å². The molecule has 14 heteroatoms. The van der Waals surface area contributed by atoms with E-state index in [1.165, 1.54) is 11.0 Å². The highest BCUT2D eigenvalue weighted by atomic mass is 35.5. The van der Waals surface area contributed by atoms with Crippen LogP contribution in [0.15, 0.2) is 18.3 Å². The number of amides is 1. The lowest BCUT2D eigenvalue weighted by Gasteiger charge is -2.31. The quantitative estimate of drug-likeness (QED) is 0.413. The topological polar surface area (TPSA) is 88.6 Å². The number of carbonyl (C=O) groups is 1. The molecule has 0 aliphatic carbocycles. The van der Waals surface area contributed by atoms with Crippen molar-refractivity contribution in [1.82, 2.24) is 14.9 Å². The standard InChI is InChI=1S/C19H19ClF5N5O3/c1-2-26-16-11(19(23,24)25)7-27-18(29-16)28-13-6-14(33-17(21)22)10(5-12(13)20)15-8-30(9-31)3-4-32-15/h5-7,9,15,17H,2-4,8H2,1H3,(H2,26,27,28,29). The van der Waals surface area contributed by atoms with Gasteiger partial charge in [0, 0.05) is 30.9 Å². The Balaban J connectivity index is 1.95. The first kappa shape index (κ1) is 24.7. The van der Waals surface area contributed by atoms with Crippen LogP contribution < -0.4 is 15.4 Å². The monoisotopic (exact) mass is 495 g/mol. The summed E-state index contributed by atoms with van der Waals surface area (Å²) in [6.45, 7) is -0.788. The minimum absolute atomic E-state index is 0.0151. The fraction of sp³-hybridized carbons (Fsp3) is 0.421. The number of hydrogen-bond donors (Lipinski definition) is 2. The van der Waals surface area contributed by atoms with Gasteiger partial charge in [0.1, 0.15) is 23.2 Å². The maximum Gasteiger partial charge on any atom is 0.421 e. The molecule has 1 aromatic carbocycles. The predicted molar refractivity (Wildman–Crippen MR) is 109 cm³/mol. The Labute approximate surface area is 190 Å². The van der Waals surface area contributed by atoms with Crippen molar-refractivity contribution in [2.45, 2.75) is 25.8 Å². The van der Waals surface area contributed by atoms with Gasteiger partial charge in [0.05, 0.1) is 23.9 Å². The van der Waals surface area contributed by atoms with Crippen LogP contribution in [-0.2, 0) is 15.7 Å². The van der Waals surface area contributed by atoms with Crippen LogP contribution in [0.25, 0.3) is 0 Å². The van der Waals surface area contributed by atoms with Crippen LogP contribution in [0.5, 0.6) is 5.75 Å². The number of alkyl halides is 5. The highest BCUT2D eigenvalue weighted by Gasteiger charge is 2.35. The summed E-state index contributed by atoms with van der Waals surface area (Å²) in [6, 6.07) is 2.46. The largest absolute Gasteiger partial charge is 0.434 e. The lowest BCUT2D eigenvalue weighted by molar-refractivity contribution is -0.137. The zero-order chi connectivity index (χ0) is 24.2. The Morgan fingerprint density at radius 2 is 2.15 bits per heavy atom. The van der Waals surface area contributed by atoms with Crippen LogP contribution in [0.3, 0.4) is 0 Å². The molecule has 1 amide bonds. The van der Waals surface area contributed by atoms with Gasteiger partial charge in [-0.15, -0.1) is 0 Å². The predicted octanol–water partition coefficient (Wildman–Crippen LogP) is 4.46. The Bertz CT molecular complexity index is 995. The third-order valence-electron chi connectivity index (χ3n) is 4.59. The molecule has 2 heterocycles. The van der Waals surface area contributed by atoms with Crippen molar-refractivity contribution < 1.29 is 36.2 Å². The first-order chi connectivity index (χ1) is 15.6. The number of hydrogen-bond acceptors (Lipinski definition) is 7. The molecule has 8 nitrogen and oxygen atoms in total. The van der Waals surface area contributed by atoms with Gasteiger partial charge >= 0.3 is 12.8 Å². The van der Waals surface area contributed by atoms with E-state index in [1.54, 1.807) is 6.92 Å². The second kappa shape index (κ2) is 10.3. The molecule has 1 aliphatic heterocycles. The van der Waals surface area contributed by atoms with Gasteiger partial charge in [-0.3, -0.25) is 4.79 Å². The van der Waals surface area contributed by atoms with Gasteiger partial charge < -0.3 is 25.0 Å². The average Bonchev–Trinajstić information content (AvgIpc) is 2.75. The van der Waals surface area contributed by atoms with Gasteiger partial charge in [0.2, 0.25) is 12.4 Å². The number of benzene rings is 1. The summed E-state index contributed by atoms with van der Waals surface area (Å²) in [7, 11) is 0. The summed E-state index contributed by atoms with van der Waals surface area (Å²) in [5.74, 6) is -0.991. The molecular formula is C19H19ClF5N5O3. The molecule has 2 N–H and O–H groups in total. The average molecular weight is 496 g/mol. The number of ether oxygens (including phenoxy) is 2. The fourth-order valence-corrected chi connectivity index (χ4v) is 3.36. The van der Waals surface area contributed by atoms with Gasteiger partial charge in [-0.05, 0) is 13.0 Å². The van der Waals surface area contributed by atoms with E-state index in [1.807, 2.05) is 0 Å². The number of anilines is 3. The zero-order valence-corrected chi connectivity index (χ0v) is 17.9. The molecule has 1 fully saturated rings. The van der Waals surface area contributed by atoms with Crippen LogP contribution in [0.4, 0.5) is 39.4 Å². The highest BCUT2D eigenvalue weighted by Crippen LogP contribution is 2.39. The van der Waals surface area contributed by atoms with Crippen molar-refractivity contribution in [2.24, 2.45) is 0 Å². The summed E-state index contributed by atoms with van der Waals surface area (Å²) < 4.78 is 75.7. The second-order valence-corrected chi connectivity index (χ2v) is 7.22. The Hall–Kier alpha value is -2.93. The van der Waals surface area contributed by atoms with Gasteiger partial charge in [-0.25, -0.2) is 4.98 Å². The SMILES string of the molecule is CCNc1nc(Nc2cc(OC(F)F)c(C3CN(C=O)CCO3)cc2Cl)ncc1C(F)(F)F. The summed E-state index contributed by atoms with van der Waals surface area (Å²) in [4.78, 5) is 20.0. The van der Waals surface area contributed by atoms with Gasteiger partial charge in [-0.1, -0.05) is 11.6 Å². The maximum atomic E-state index is 13.2. The van der Waals surface area contributed by atoms with Gasteiger partial charge in [-0.2, -0.15) is 26.9 Å². The molecule has 0 radical (unpaired) electrons. The number of nitrogens with one attached hydrogen (secondary N) is 2. The molecule has 1 aromatic heterocycles. The Kier molecular flexibility index (Phi) is 7.74. The second-order valence-electron chi connectivity index (χ2n) is 6.82. The normalized spacial score (nSPS) is 16.6. The molecular weight excluding hydrogens is 477 g/mol. The molecule has 0 saturated carbocycles. The lowest BCUT2D eigenvalue weighted by atomic mass is 10.1. The van der Waals surface area contributed by atoms with Crippen LogP contribution in [0, 0.1) is 0 Å². The minimum Gasteiger partial charge on any atom is -0.434 e. The van der Waals surface area contributed by atoms with Gasteiger partial charge in [0.15, 0.2) is 0 Å². The van der Waals surface area contributed by atoms with E-state index in [4.69, 9.17) is 16.3 Å². The van der Waals surface area contributed by atoms with Crippen molar-refractivity contribution >= 4 is 35.5 Å². The fourth-order valence-electron chi connectivity index (χ4n) is 3.14. The van der Waals surface area contributed by atoms with Crippen molar-refractivity contribution in [1.29, 1.82) is 0 Å². The van der Waals surface area contributed by atoms with E-state index >= 15 is 0 Å². The van der Waals surface area contributed by atoms with Crippen LogP contribution >= 0.6 is 11.6 Å². The summed E-state index contributed by atoms with van der Waals surface area (Å²) in [5, 5.41) is 5.15. The smallest absolute Gasteiger partial charge is 0.421 e. The molecule has 180 valence electrons. The molecule has 2 aromatic rings. The van der Waals surface area contributed by atoms with E-state index < -0.39 is 30.3 Å². The van der Waals surface area contributed by atoms with Crippen LogP contribution in [-0.4, -0.2) is 54.1 Å². The van der Waals surface area contributed by atoms with Crippen LogP contribution in [0.2, 0.25) is 5.02 Å². The number of rotatable bonds is 8. The highest BCUT2D eigenvalue weighted by molar-refractivity contribution is 6.33.